The molecular weight excluding hydrogens is 171 g/mol. The van der Waals surface area contributed by atoms with E-state index < -0.39 is 26.3 Å². The second-order valence-electron chi connectivity index (χ2n) is 1.70. The number of hydrogen-bond donors (Lipinski definition) is 2. The number of halogens is 4. The zero-order valence-corrected chi connectivity index (χ0v) is 5.18. The Morgan fingerprint density at radius 2 is 1.82 bits per heavy atom. The Kier molecular flexibility index (Phi) is 3.77. The summed E-state index contributed by atoms with van der Waals surface area (Å²) in [6.45, 7) is -1.72. The molecule has 0 amide bonds. The molecule has 0 unspecified atom stereocenters. The molecule has 0 aromatic carbocycles. The van der Waals surface area contributed by atoms with Gasteiger partial charge in [-0.3, -0.25) is 0 Å². The van der Waals surface area contributed by atoms with Crippen molar-refractivity contribution >= 4 is 7.32 Å². The van der Waals surface area contributed by atoms with Crippen molar-refractivity contribution < 1.29 is 32.3 Å². The maximum absolute atomic E-state index is 11.8. The quantitative estimate of drug-likeness (QED) is 0.463. The molecular formula is C3H5BF4O3. The Labute approximate surface area is 59.8 Å². The van der Waals surface area contributed by atoms with Crippen LogP contribution in [0.15, 0.2) is 0 Å². The van der Waals surface area contributed by atoms with E-state index in [1.165, 1.54) is 0 Å². The Hall–Kier alpha value is -0.335. The summed E-state index contributed by atoms with van der Waals surface area (Å²) in [7, 11) is -2.46. The largest absolute Gasteiger partial charge is 0.634 e. The van der Waals surface area contributed by atoms with Crippen LogP contribution in [-0.4, -0.2) is 36.3 Å². The Balaban J connectivity index is 3.73. The molecule has 0 saturated heterocycles. The molecule has 0 heterocycles. The third-order valence-corrected chi connectivity index (χ3v) is 0.744. The van der Waals surface area contributed by atoms with Crippen LogP contribution in [0.25, 0.3) is 0 Å². The van der Waals surface area contributed by atoms with Crippen LogP contribution in [0.2, 0.25) is 0 Å². The van der Waals surface area contributed by atoms with E-state index in [9.17, 15) is 17.6 Å². The molecule has 0 aliphatic carbocycles. The second kappa shape index (κ2) is 3.89. The van der Waals surface area contributed by atoms with Gasteiger partial charge in [-0.15, -0.1) is 0 Å². The zero-order valence-electron chi connectivity index (χ0n) is 5.18. The molecule has 0 saturated carbocycles. The Bertz CT molecular complexity index is 119. The van der Waals surface area contributed by atoms with Crippen molar-refractivity contribution in [2.45, 2.75) is 12.3 Å². The summed E-state index contributed by atoms with van der Waals surface area (Å²) in [4.78, 5) is 0. The number of alkyl halides is 4. The van der Waals surface area contributed by atoms with Crippen molar-refractivity contribution in [1.29, 1.82) is 0 Å². The fourth-order valence-corrected chi connectivity index (χ4v) is 0.249. The molecule has 0 aromatic rings. The normalized spacial score (nSPS) is 12.3. The van der Waals surface area contributed by atoms with Crippen LogP contribution >= 0.6 is 0 Å². The lowest BCUT2D eigenvalue weighted by Crippen LogP contribution is -2.35. The third kappa shape index (κ3) is 4.17. The van der Waals surface area contributed by atoms with Crippen molar-refractivity contribution in [1.82, 2.24) is 0 Å². The van der Waals surface area contributed by atoms with Crippen LogP contribution in [0, 0.1) is 0 Å². The molecule has 66 valence electrons. The fourth-order valence-electron chi connectivity index (χ4n) is 0.249. The second-order valence-corrected chi connectivity index (χ2v) is 1.70. The van der Waals surface area contributed by atoms with Gasteiger partial charge in [0.15, 0.2) is 0 Å². The highest BCUT2D eigenvalue weighted by molar-refractivity contribution is 6.32. The van der Waals surface area contributed by atoms with Crippen LogP contribution in [-0.2, 0) is 4.65 Å². The first-order valence-electron chi connectivity index (χ1n) is 2.50. The molecule has 0 fully saturated rings. The lowest BCUT2D eigenvalue weighted by Gasteiger charge is -2.14. The van der Waals surface area contributed by atoms with Gasteiger partial charge in [-0.05, 0) is 0 Å². The molecule has 3 nitrogen and oxygen atoms in total. The van der Waals surface area contributed by atoms with E-state index in [0.717, 1.165) is 0 Å². The predicted octanol–water partition coefficient (Wildman–Crippen LogP) is -0.127. The van der Waals surface area contributed by atoms with Gasteiger partial charge in [0.25, 0.3) is 0 Å². The molecule has 0 aliphatic rings. The lowest BCUT2D eigenvalue weighted by molar-refractivity contribution is -0.153. The summed E-state index contributed by atoms with van der Waals surface area (Å²) in [6.07, 6.45) is -3.87. The molecule has 0 bridgehead atoms. The monoisotopic (exact) mass is 176 g/mol. The van der Waals surface area contributed by atoms with E-state index in [2.05, 4.69) is 4.65 Å². The Morgan fingerprint density at radius 1 is 1.36 bits per heavy atom. The highest BCUT2D eigenvalue weighted by Crippen LogP contribution is 2.22. The summed E-state index contributed by atoms with van der Waals surface area (Å²) < 4.78 is 49.6. The van der Waals surface area contributed by atoms with Crippen LogP contribution in [0.1, 0.15) is 0 Å². The Morgan fingerprint density at radius 3 is 2.09 bits per heavy atom. The fraction of sp³-hybridized carbons (Fsp3) is 1.00. The molecule has 8 heteroatoms. The third-order valence-electron chi connectivity index (χ3n) is 0.744. The summed E-state index contributed by atoms with van der Waals surface area (Å²) in [6, 6.07) is 0. The van der Waals surface area contributed by atoms with Crippen molar-refractivity contribution in [2.24, 2.45) is 0 Å². The standard InChI is InChI=1S/C3H5BF4O3/c5-2(6)3(7,8)1-11-4(9)10/h2,9-10H,1H2. The van der Waals surface area contributed by atoms with E-state index in [0.29, 0.717) is 0 Å². The van der Waals surface area contributed by atoms with Gasteiger partial charge < -0.3 is 14.7 Å². The van der Waals surface area contributed by atoms with Crippen molar-refractivity contribution in [3.8, 4) is 0 Å². The van der Waals surface area contributed by atoms with Gasteiger partial charge in [0.2, 0.25) is 0 Å². The highest BCUT2D eigenvalue weighted by atomic mass is 19.3. The van der Waals surface area contributed by atoms with Crippen molar-refractivity contribution in [3.05, 3.63) is 0 Å². The van der Waals surface area contributed by atoms with E-state index in [-0.39, 0.29) is 0 Å². The minimum absolute atomic E-state index is 1.72. The summed E-state index contributed by atoms with van der Waals surface area (Å²) in [5.74, 6) is -4.34. The average Bonchev–Trinajstić information content (AvgIpc) is 1.84. The molecule has 0 atom stereocenters. The van der Waals surface area contributed by atoms with Crippen molar-refractivity contribution in [2.75, 3.05) is 6.61 Å². The molecule has 0 aromatic heterocycles. The molecule has 0 aliphatic heterocycles. The summed E-state index contributed by atoms with van der Waals surface area (Å²) in [5, 5.41) is 15.7. The van der Waals surface area contributed by atoms with Gasteiger partial charge >= 0.3 is 19.7 Å². The topological polar surface area (TPSA) is 49.7 Å². The van der Waals surface area contributed by atoms with Crippen molar-refractivity contribution in [3.63, 3.8) is 0 Å². The van der Waals surface area contributed by atoms with Crippen LogP contribution in [0.3, 0.4) is 0 Å². The van der Waals surface area contributed by atoms with Crippen LogP contribution in [0.4, 0.5) is 17.6 Å². The first-order valence-corrected chi connectivity index (χ1v) is 2.50. The van der Waals surface area contributed by atoms with Gasteiger partial charge in [0.1, 0.15) is 6.61 Å². The molecule has 2 N–H and O–H groups in total. The van der Waals surface area contributed by atoms with E-state index >= 15 is 0 Å². The SMILES string of the molecule is OB(O)OCC(F)(F)C(F)F. The van der Waals surface area contributed by atoms with E-state index in [4.69, 9.17) is 10.0 Å². The molecule has 0 spiro atoms. The number of hydrogen-bond acceptors (Lipinski definition) is 3. The predicted molar refractivity (Wildman–Crippen MR) is 27.1 cm³/mol. The first-order chi connectivity index (χ1) is 4.86. The molecule has 0 radical (unpaired) electrons. The van der Waals surface area contributed by atoms with Gasteiger partial charge in [0.05, 0.1) is 0 Å². The highest BCUT2D eigenvalue weighted by Gasteiger charge is 2.41. The van der Waals surface area contributed by atoms with Crippen LogP contribution < -0.4 is 0 Å². The van der Waals surface area contributed by atoms with Gasteiger partial charge in [-0.25, -0.2) is 8.78 Å². The minimum atomic E-state index is -4.34. The van der Waals surface area contributed by atoms with Gasteiger partial charge in [-0.2, -0.15) is 8.78 Å². The summed E-state index contributed by atoms with van der Waals surface area (Å²) >= 11 is 0. The average molecular weight is 176 g/mol. The summed E-state index contributed by atoms with van der Waals surface area (Å²) in [5.41, 5.74) is 0. The minimum Gasteiger partial charge on any atom is -0.402 e. The van der Waals surface area contributed by atoms with Gasteiger partial charge in [0, 0.05) is 0 Å². The van der Waals surface area contributed by atoms with Crippen LogP contribution in [0.5, 0.6) is 0 Å². The smallest absolute Gasteiger partial charge is 0.402 e. The van der Waals surface area contributed by atoms with E-state index in [1.807, 2.05) is 0 Å². The maximum Gasteiger partial charge on any atom is 0.634 e. The number of rotatable bonds is 4. The molecule has 0 rings (SSSR count). The van der Waals surface area contributed by atoms with Gasteiger partial charge in [-0.1, -0.05) is 0 Å². The molecule has 11 heavy (non-hydrogen) atoms. The first kappa shape index (κ1) is 10.7. The lowest BCUT2D eigenvalue weighted by atomic mass is 10.2. The zero-order chi connectivity index (χ0) is 9.07. The maximum atomic E-state index is 11.8. The van der Waals surface area contributed by atoms with E-state index in [1.54, 1.807) is 0 Å².